The van der Waals surface area contributed by atoms with Gasteiger partial charge >= 0.3 is 0 Å². The Labute approximate surface area is 161 Å². The molecule has 0 aliphatic carbocycles. The molecule has 2 aromatic rings. The van der Waals surface area contributed by atoms with Crippen LogP contribution in [0.5, 0.6) is 0 Å². The van der Waals surface area contributed by atoms with Crippen molar-refractivity contribution in [3.05, 3.63) is 71.8 Å². The van der Waals surface area contributed by atoms with Crippen LogP contribution in [0.25, 0.3) is 6.08 Å². The van der Waals surface area contributed by atoms with Crippen molar-refractivity contribution in [2.24, 2.45) is 0 Å². The smallest absolute Gasteiger partial charge is 0.243 e. The summed E-state index contributed by atoms with van der Waals surface area (Å²) in [5.41, 5.74) is 2.80. The Bertz CT molecular complexity index is 858. The average Bonchev–Trinajstić information content (AvgIpc) is 2.64. The summed E-state index contributed by atoms with van der Waals surface area (Å²) in [7, 11) is 0.769. The number of amides is 1. The lowest BCUT2D eigenvalue weighted by atomic mass is 10.2. The molecule has 6 heteroatoms. The van der Waals surface area contributed by atoms with Gasteiger partial charge in [0.05, 0.1) is 11.5 Å². The lowest BCUT2D eigenvalue weighted by molar-refractivity contribution is -0.116. The monoisotopic (exact) mass is 386 g/mol. The van der Waals surface area contributed by atoms with E-state index in [4.69, 9.17) is 0 Å². The lowest BCUT2D eigenvalue weighted by Crippen LogP contribution is -2.24. The van der Waals surface area contributed by atoms with Gasteiger partial charge in [0.25, 0.3) is 0 Å². The van der Waals surface area contributed by atoms with Crippen molar-refractivity contribution in [3.8, 4) is 0 Å². The molecule has 0 atom stereocenters. The highest BCUT2D eigenvalue weighted by Crippen LogP contribution is 2.13. The molecule has 0 spiro atoms. The number of benzene rings is 2. The van der Waals surface area contributed by atoms with E-state index in [1.54, 1.807) is 18.2 Å². The number of hydrogen-bond acceptors (Lipinski definition) is 4. The highest BCUT2D eigenvalue weighted by molar-refractivity contribution is 7.90. The Morgan fingerprint density at radius 1 is 1.04 bits per heavy atom. The molecule has 0 bridgehead atoms. The van der Waals surface area contributed by atoms with Crippen molar-refractivity contribution < 1.29 is 13.2 Å². The highest BCUT2D eigenvalue weighted by atomic mass is 32.2. The van der Waals surface area contributed by atoms with Gasteiger partial charge in [-0.25, -0.2) is 8.42 Å². The van der Waals surface area contributed by atoms with E-state index in [1.807, 2.05) is 61.5 Å². The number of rotatable bonds is 9. The number of carbonyl (C=O) groups is 1. The molecule has 5 nitrogen and oxygen atoms in total. The van der Waals surface area contributed by atoms with Crippen LogP contribution in [0.15, 0.2) is 60.7 Å². The second kappa shape index (κ2) is 9.92. The minimum atomic E-state index is -3.17. The highest BCUT2D eigenvalue weighted by Gasteiger charge is 2.11. The molecule has 0 heterocycles. The van der Waals surface area contributed by atoms with Gasteiger partial charge in [-0.05, 0) is 35.8 Å². The van der Waals surface area contributed by atoms with Gasteiger partial charge in [0.1, 0.15) is 0 Å². The Morgan fingerprint density at radius 2 is 1.70 bits per heavy atom. The SMILES string of the molecule is CN(C)c1ccc(C=CC(=O)NCCCS(=O)(=O)Cc2ccccc2)cc1. The summed E-state index contributed by atoms with van der Waals surface area (Å²) in [6, 6.07) is 17.0. The predicted molar refractivity (Wildman–Crippen MR) is 111 cm³/mol. The van der Waals surface area contributed by atoms with Crippen LogP contribution in [-0.2, 0) is 20.4 Å². The maximum Gasteiger partial charge on any atom is 0.243 e. The Kier molecular flexibility index (Phi) is 7.61. The Morgan fingerprint density at radius 3 is 2.33 bits per heavy atom. The molecule has 2 aromatic carbocycles. The van der Waals surface area contributed by atoms with E-state index >= 15 is 0 Å². The van der Waals surface area contributed by atoms with Gasteiger partial charge in [-0.15, -0.1) is 0 Å². The Hall–Kier alpha value is -2.60. The number of anilines is 1. The third-order valence-electron chi connectivity index (χ3n) is 4.00. The van der Waals surface area contributed by atoms with Gasteiger partial charge in [0.2, 0.25) is 5.91 Å². The zero-order valence-corrected chi connectivity index (χ0v) is 16.6. The maximum absolute atomic E-state index is 12.1. The van der Waals surface area contributed by atoms with Gasteiger partial charge in [-0.2, -0.15) is 0 Å². The van der Waals surface area contributed by atoms with Crippen LogP contribution >= 0.6 is 0 Å². The first kappa shape index (κ1) is 20.7. The second-order valence-corrected chi connectivity index (χ2v) is 8.73. The molecule has 0 fully saturated rings. The summed E-state index contributed by atoms with van der Waals surface area (Å²) in [6.07, 6.45) is 3.59. The molecule has 0 saturated heterocycles. The number of hydrogen-bond donors (Lipinski definition) is 1. The maximum atomic E-state index is 12.1. The van der Waals surface area contributed by atoms with Gasteiger partial charge in [0, 0.05) is 32.4 Å². The number of nitrogens with zero attached hydrogens (tertiary/aromatic N) is 1. The standard InChI is InChI=1S/C21H26N2O3S/c1-23(2)20-12-9-18(10-13-20)11-14-21(24)22-15-6-16-27(25,26)17-19-7-4-3-5-8-19/h3-5,7-14H,6,15-17H2,1-2H3,(H,22,24). The predicted octanol–water partition coefficient (Wildman–Crippen LogP) is 2.89. The Balaban J connectivity index is 1.72. The van der Waals surface area contributed by atoms with E-state index in [0.717, 1.165) is 16.8 Å². The largest absolute Gasteiger partial charge is 0.378 e. The van der Waals surface area contributed by atoms with Crippen molar-refractivity contribution >= 4 is 27.5 Å². The van der Waals surface area contributed by atoms with Gasteiger partial charge in [0.15, 0.2) is 9.84 Å². The zero-order chi connectivity index (χ0) is 19.7. The molecule has 27 heavy (non-hydrogen) atoms. The molecule has 144 valence electrons. The van der Waals surface area contributed by atoms with Crippen molar-refractivity contribution in [1.29, 1.82) is 0 Å². The van der Waals surface area contributed by atoms with Crippen LogP contribution in [0.4, 0.5) is 5.69 Å². The van der Waals surface area contributed by atoms with E-state index in [1.165, 1.54) is 6.08 Å². The van der Waals surface area contributed by atoms with Crippen LogP contribution < -0.4 is 10.2 Å². The summed E-state index contributed by atoms with van der Waals surface area (Å²) < 4.78 is 24.2. The van der Waals surface area contributed by atoms with E-state index < -0.39 is 9.84 Å². The van der Waals surface area contributed by atoms with Crippen molar-refractivity contribution in [3.63, 3.8) is 0 Å². The lowest BCUT2D eigenvalue weighted by Gasteiger charge is -2.11. The van der Waals surface area contributed by atoms with Crippen LogP contribution in [0.1, 0.15) is 17.5 Å². The van der Waals surface area contributed by atoms with Gasteiger partial charge in [-0.1, -0.05) is 42.5 Å². The zero-order valence-electron chi connectivity index (χ0n) is 15.8. The minimum absolute atomic E-state index is 0.0324. The van der Waals surface area contributed by atoms with Crippen molar-refractivity contribution in [2.45, 2.75) is 12.2 Å². The van der Waals surface area contributed by atoms with Crippen molar-refractivity contribution in [2.75, 3.05) is 31.3 Å². The molecule has 0 unspecified atom stereocenters. The summed E-state index contributed by atoms with van der Waals surface area (Å²) in [4.78, 5) is 13.9. The molecule has 0 aliphatic rings. The molecule has 0 aromatic heterocycles. The van der Waals surface area contributed by atoms with Gasteiger partial charge in [-0.3, -0.25) is 4.79 Å². The van der Waals surface area contributed by atoms with E-state index in [0.29, 0.717) is 13.0 Å². The number of sulfone groups is 1. The fraction of sp³-hybridized carbons (Fsp3) is 0.286. The molecule has 0 radical (unpaired) electrons. The first-order valence-corrected chi connectivity index (χ1v) is 10.7. The molecule has 1 amide bonds. The normalized spacial score (nSPS) is 11.5. The fourth-order valence-electron chi connectivity index (χ4n) is 2.52. The summed E-state index contributed by atoms with van der Waals surface area (Å²) in [5.74, 6) is -0.144. The van der Waals surface area contributed by atoms with Gasteiger partial charge < -0.3 is 10.2 Å². The van der Waals surface area contributed by atoms with E-state index in [2.05, 4.69) is 5.32 Å². The summed E-state index contributed by atoms with van der Waals surface area (Å²) >= 11 is 0. The molecular formula is C21H26N2O3S. The number of carbonyl (C=O) groups excluding carboxylic acids is 1. The van der Waals surface area contributed by atoms with Crippen molar-refractivity contribution in [1.82, 2.24) is 5.32 Å². The second-order valence-electron chi connectivity index (χ2n) is 6.54. The topological polar surface area (TPSA) is 66.5 Å². The average molecular weight is 387 g/mol. The molecule has 0 saturated carbocycles. The molecular weight excluding hydrogens is 360 g/mol. The molecule has 1 N–H and O–H groups in total. The first-order valence-electron chi connectivity index (χ1n) is 8.83. The van der Waals surface area contributed by atoms with Crippen LogP contribution in [0.3, 0.4) is 0 Å². The van der Waals surface area contributed by atoms with E-state index in [-0.39, 0.29) is 17.4 Å². The molecule has 2 rings (SSSR count). The fourth-order valence-corrected chi connectivity index (χ4v) is 3.95. The third kappa shape index (κ3) is 7.66. The van der Waals surface area contributed by atoms with Crippen LogP contribution in [-0.4, -0.2) is 40.7 Å². The minimum Gasteiger partial charge on any atom is -0.378 e. The quantitative estimate of drug-likeness (QED) is 0.532. The first-order chi connectivity index (χ1) is 12.9. The summed E-state index contributed by atoms with van der Waals surface area (Å²) in [6.45, 7) is 0.330. The van der Waals surface area contributed by atoms with Crippen LogP contribution in [0.2, 0.25) is 0 Å². The molecule has 0 aliphatic heterocycles. The summed E-state index contributed by atoms with van der Waals surface area (Å²) in [5, 5.41) is 2.72. The third-order valence-corrected chi connectivity index (χ3v) is 5.68. The van der Waals surface area contributed by atoms with E-state index in [9.17, 15) is 13.2 Å². The number of nitrogens with one attached hydrogen (secondary N) is 1. The van der Waals surface area contributed by atoms with Crippen LogP contribution in [0, 0.1) is 0 Å².